The molecule has 2 N–H and O–H groups in total. The Morgan fingerprint density at radius 2 is 1.73 bits per heavy atom. The lowest BCUT2D eigenvalue weighted by atomic mass is 9.53. The van der Waals surface area contributed by atoms with Crippen LogP contribution in [-0.4, -0.2) is 49.9 Å². The van der Waals surface area contributed by atoms with Gasteiger partial charge in [0.15, 0.2) is 0 Å². The Morgan fingerprint density at radius 1 is 1.13 bits per heavy atom. The molecule has 4 saturated carbocycles. The van der Waals surface area contributed by atoms with Gasteiger partial charge in [0.1, 0.15) is 4.21 Å². The first kappa shape index (κ1) is 20.9. The zero-order valence-corrected chi connectivity index (χ0v) is 19.3. The molecule has 5 fully saturated rings. The predicted molar refractivity (Wildman–Crippen MR) is 118 cm³/mol. The first-order valence-electron chi connectivity index (χ1n) is 11.4. The van der Waals surface area contributed by atoms with Gasteiger partial charge in [-0.05, 0) is 87.5 Å². The molecule has 1 saturated heterocycles. The molecule has 4 aliphatic carbocycles. The first-order chi connectivity index (χ1) is 14.3. The zero-order valence-electron chi connectivity index (χ0n) is 17.7. The van der Waals surface area contributed by atoms with Crippen molar-refractivity contribution in [2.24, 2.45) is 17.8 Å². The highest BCUT2D eigenvalue weighted by Gasteiger charge is 2.51. The second-order valence-corrected chi connectivity index (χ2v) is 13.1. The molecule has 8 heteroatoms. The van der Waals surface area contributed by atoms with Gasteiger partial charge < -0.3 is 5.32 Å². The monoisotopic (exact) mass is 451 g/mol. The van der Waals surface area contributed by atoms with Gasteiger partial charge in [0.25, 0.3) is 0 Å². The van der Waals surface area contributed by atoms with Gasteiger partial charge in [-0.25, -0.2) is 13.1 Å². The minimum atomic E-state index is -3.43. The zero-order chi connectivity index (χ0) is 20.9. The lowest BCUT2D eigenvalue weighted by Crippen LogP contribution is -2.62. The van der Waals surface area contributed by atoms with Crippen LogP contribution in [0.1, 0.15) is 58.3 Å². The average Bonchev–Trinajstić information content (AvgIpc) is 3.22. The van der Waals surface area contributed by atoms with Crippen molar-refractivity contribution in [3.63, 3.8) is 0 Å². The van der Waals surface area contributed by atoms with Crippen LogP contribution in [0, 0.1) is 17.8 Å². The molecule has 30 heavy (non-hydrogen) atoms. The molecule has 1 aromatic heterocycles. The van der Waals surface area contributed by atoms with Crippen molar-refractivity contribution in [1.82, 2.24) is 14.9 Å². The Labute approximate surface area is 183 Å². The third-order valence-corrected chi connectivity index (χ3v) is 10.9. The molecular formula is C22H33N3O3S2. The van der Waals surface area contributed by atoms with Crippen molar-refractivity contribution in [2.75, 3.05) is 13.1 Å². The van der Waals surface area contributed by atoms with E-state index in [9.17, 15) is 13.2 Å². The Kier molecular flexibility index (Phi) is 5.49. The van der Waals surface area contributed by atoms with Crippen LogP contribution in [0.4, 0.5) is 0 Å². The fourth-order valence-corrected chi connectivity index (χ4v) is 9.21. The molecule has 4 bridgehead atoms. The predicted octanol–water partition coefficient (Wildman–Crippen LogP) is 2.96. The number of rotatable bonds is 6. The number of sulfonamides is 1. The van der Waals surface area contributed by atoms with Gasteiger partial charge in [0.05, 0.1) is 6.04 Å². The molecule has 1 atom stereocenters. The quantitative estimate of drug-likeness (QED) is 0.697. The molecule has 0 radical (unpaired) electrons. The standard InChI is InChI=1S/C22H33N3O3S2/c1-15(21(26)23-22-12-16-9-17(13-22)11-18(10-16)14-22)25-6-4-19(5-7-25)24-30(27,28)20-3-2-8-29-20/h2-3,8,15-19,24H,4-7,9-14H2,1H3,(H,23,26)/t15-,16?,17?,18?,22?/m0/s1. The summed E-state index contributed by atoms with van der Waals surface area (Å²) in [6, 6.07) is 3.17. The molecule has 1 aliphatic heterocycles. The summed E-state index contributed by atoms with van der Waals surface area (Å²) in [6.45, 7) is 3.49. The van der Waals surface area contributed by atoms with E-state index in [1.807, 2.05) is 6.92 Å². The maximum absolute atomic E-state index is 13.1. The molecule has 166 valence electrons. The SMILES string of the molecule is C[C@@H](C(=O)NC12CC3CC(CC(C3)C1)C2)N1CCC(NS(=O)(=O)c2cccs2)CC1. The van der Waals surface area contributed by atoms with Gasteiger partial charge in [0, 0.05) is 24.7 Å². The molecule has 2 heterocycles. The van der Waals surface area contributed by atoms with E-state index < -0.39 is 10.0 Å². The molecule has 1 amide bonds. The maximum atomic E-state index is 13.1. The molecule has 0 spiro atoms. The summed E-state index contributed by atoms with van der Waals surface area (Å²) >= 11 is 1.24. The number of hydrogen-bond donors (Lipinski definition) is 2. The second kappa shape index (κ2) is 7.87. The molecule has 5 aliphatic rings. The van der Waals surface area contributed by atoms with Gasteiger partial charge in [-0.15, -0.1) is 11.3 Å². The normalized spacial score (nSPS) is 35.4. The van der Waals surface area contributed by atoms with Crippen molar-refractivity contribution in [2.45, 2.75) is 80.1 Å². The van der Waals surface area contributed by atoms with Gasteiger partial charge in [-0.1, -0.05) is 6.07 Å². The van der Waals surface area contributed by atoms with Crippen molar-refractivity contribution < 1.29 is 13.2 Å². The van der Waals surface area contributed by atoms with E-state index in [0.717, 1.165) is 43.7 Å². The van der Waals surface area contributed by atoms with Crippen LogP contribution < -0.4 is 10.0 Å². The highest BCUT2D eigenvalue weighted by atomic mass is 32.2. The average molecular weight is 452 g/mol. The summed E-state index contributed by atoms with van der Waals surface area (Å²) in [6.07, 6.45) is 9.11. The minimum Gasteiger partial charge on any atom is -0.349 e. The van der Waals surface area contributed by atoms with E-state index in [2.05, 4.69) is 14.9 Å². The van der Waals surface area contributed by atoms with Gasteiger partial charge in [-0.2, -0.15) is 0 Å². The van der Waals surface area contributed by atoms with E-state index in [0.29, 0.717) is 4.21 Å². The minimum absolute atomic E-state index is 0.0504. The van der Waals surface area contributed by atoms with E-state index in [1.165, 1.54) is 49.9 Å². The van der Waals surface area contributed by atoms with Crippen LogP contribution >= 0.6 is 11.3 Å². The van der Waals surface area contributed by atoms with E-state index >= 15 is 0 Å². The Balaban J connectivity index is 1.14. The number of nitrogens with one attached hydrogen (secondary N) is 2. The van der Waals surface area contributed by atoms with E-state index in [-0.39, 0.29) is 23.5 Å². The Morgan fingerprint density at radius 3 is 2.27 bits per heavy atom. The number of amides is 1. The van der Waals surface area contributed by atoms with Crippen molar-refractivity contribution in [3.05, 3.63) is 17.5 Å². The molecular weight excluding hydrogens is 418 g/mol. The largest absolute Gasteiger partial charge is 0.349 e. The third-order valence-electron chi connectivity index (χ3n) is 7.97. The number of carbonyl (C=O) groups excluding carboxylic acids is 1. The smallest absolute Gasteiger partial charge is 0.250 e. The van der Waals surface area contributed by atoms with Gasteiger partial charge in [-0.3, -0.25) is 9.69 Å². The van der Waals surface area contributed by atoms with Gasteiger partial charge >= 0.3 is 0 Å². The summed E-state index contributed by atoms with van der Waals surface area (Å²) in [5.74, 6) is 2.62. The van der Waals surface area contributed by atoms with Crippen LogP contribution in [0.25, 0.3) is 0 Å². The summed E-state index contributed by atoms with van der Waals surface area (Å²) in [7, 11) is -3.43. The summed E-state index contributed by atoms with van der Waals surface area (Å²) in [5, 5.41) is 5.28. The summed E-state index contributed by atoms with van der Waals surface area (Å²) in [4.78, 5) is 15.3. The highest BCUT2D eigenvalue weighted by molar-refractivity contribution is 7.91. The second-order valence-electron chi connectivity index (χ2n) is 10.2. The van der Waals surface area contributed by atoms with Crippen molar-refractivity contribution >= 4 is 27.3 Å². The lowest BCUT2D eigenvalue weighted by Gasteiger charge is -2.57. The molecule has 0 aromatic carbocycles. The summed E-state index contributed by atoms with van der Waals surface area (Å²) in [5.41, 5.74) is 0.0504. The highest BCUT2D eigenvalue weighted by Crippen LogP contribution is 2.55. The van der Waals surface area contributed by atoms with E-state index in [4.69, 9.17) is 0 Å². The molecule has 1 aromatic rings. The summed E-state index contributed by atoms with van der Waals surface area (Å²) < 4.78 is 28.1. The van der Waals surface area contributed by atoms with Gasteiger partial charge in [0.2, 0.25) is 15.9 Å². The molecule has 6 rings (SSSR count). The Bertz CT molecular complexity index is 840. The van der Waals surface area contributed by atoms with Crippen LogP contribution in [0.5, 0.6) is 0 Å². The Hall–Kier alpha value is -0.960. The number of hydrogen-bond acceptors (Lipinski definition) is 5. The van der Waals surface area contributed by atoms with Crippen LogP contribution in [0.3, 0.4) is 0 Å². The van der Waals surface area contributed by atoms with Crippen LogP contribution in [0.15, 0.2) is 21.7 Å². The molecule has 6 nitrogen and oxygen atoms in total. The van der Waals surface area contributed by atoms with Crippen LogP contribution in [-0.2, 0) is 14.8 Å². The first-order valence-corrected chi connectivity index (χ1v) is 13.8. The lowest BCUT2D eigenvalue weighted by molar-refractivity contribution is -0.132. The third kappa shape index (κ3) is 4.08. The van der Waals surface area contributed by atoms with E-state index in [1.54, 1.807) is 17.5 Å². The van der Waals surface area contributed by atoms with Crippen LogP contribution in [0.2, 0.25) is 0 Å². The fraction of sp³-hybridized carbons (Fsp3) is 0.773. The molecule has 0 unspecified atom stereocenters. The topological polar surface area (TPSA) is 78.5 Å². The number of thiophene rings is 1. The number of carbonyl (C=O) groups is 1. The van der Waals surface area contributed by atoms with Crippen molar-refractivity contribution in [3.8, 4) is 0 Å². The number of nitrogens with zero attached hydrogens (tertiary/aromatic N) is 1. The fourth-order valence-electron chi connectivity index (χ4n) is 6.89. The number of likely N-dealkylation sites (tertiary alicyclic amines) is 1. The van der Waals surface area contributed by atoms with Crippen molar-refractivity contribution in [1.29, 1.82) is 0 Å². The number of piperidine rings is 1. The maximum Gasteiger partial charge on any atom is 0.250 e.